The van der Waals surface area contributed by atoms with Crippen LogP contribution in [0.3, 0.4) is 0 Å². The Morgan fingerprint density at radius 2 is 1.92 bits per heavy atom. The summed E-state index contributed by atoms with van der Waals surface area (Å²) in [6.45, 7) is 0.955. The lowest BCUT2D eigenvalue weighted by Crippen LogP contribution is -2.38. The molecule has 3 aromatic rings. The molecule has 128 valence electrons. The first-order valence-corrected chi connectivity index (χ1v) is 9.17. The number of hydrogen-bond donors (Lipinski definition) is 2. The summed E-state index contributed by atoms with van der Waals surface area (Å²) in [4.78, 5) is 4.78. The van der Waals surface area contributed by atoms with Crippen molar-refractivity contribution in [3.05, 3.63) is 65.2 Å². The van der Waals surface area contributed by atoms with Crippen LogP contribution in [0.5, 0.6) is 0 Å². The van der Waals surface area contributed by atoms with E-state index in [0.717, 1.165) is 47.1 Å². The molecule has 2 unspecified atom stereocenters. The predicted octanol–water partition coefficient (Wildman–Crippen LogP) is 4.73. The van der Waals surface area contributed by atoms with Gasteiger partial charge in [-0.2, -0.15) is 0 Å². The van der Waals surface area contributed by atoms with E-state index in [2.05, 4.69) is 5.32 Å². The first kappa shape index (κ1) is 16.5. The topological polar surface area (TPSA) is 45.2 Å². The highest BCUT2D eigenvalue weighted by molar-refractivity contribution is 6.31. The standard InChI is InChI=1S/C21H21ClN2O/c22-15-9-10-18-16(12-15)17(21(25)19-8-4-5-11-23-19)13-20(24-18)14-6-2-1-3-7-14/h1-3,6-7,9-10,12-13,19,21,23,25H,4-5,8,11H2. The quantitative estimate of drug-likeness (QED) is 0.716. The first-order chi connectivity index (χ1) is 12.2. The Bertz CT molecular complexity index is 876. The molecule has 2 heterocycles. The summed E-state index contributed by atoms with van der Waals surface area (Å²) in [5.41, 5.74) is 3.67. The third-order valence-corrected chi connectivity index (χ3v) is 5.16. The van der Waals surface area contributed by atoms with Crippen molar-refractivity contribution in [3.63, 3.8) is 0 Å². The van der Waals surface area contributed by atoms with E-state index in [1.54, 1.807) is 0 Å². The van der Waals surface area contributed by atoms with Gasteiger partial charge in [0.25, 0.3) is 0 Å². The van der Waals surface area contributed by atoms with Gasteiger partial charge >= 0.3 is 0 Å². The molecule has 0 amide bonds. The summed E-state index contributed by atoms with van der Waals surface area (Å²) in [7, 11) is 0. The Kier molecular flexibility index (Phi) is 4.71. The molecular weight excluding hydrogens is 332 g/mol. The molecule has 4 rings (SSSR count). The Hall–Kier alpha value is -1.94. The third kappa shape index (κ3) is 3.40. The molecule has 0 bridgehead atoms. The largest absolute Gasteiger partial charge is 0.387 e. The van der Waals surface area contributed by atoms with Crippen molar-refractivity contribution >= 4 is 22.5 Å². The number of fused-ring (bicyclic) bond motifs is 1. The molecule has 0 aliphatic carbocycles. The van der Waals surface area contributed by atoms with Crippen LogP contribution in [-0.4, -0.2) is 22.7 Å². The van der Waals surface area contributed by atoms with Crippen molar-refractivity contribution in [2.75, 3.05) is 6.54 Å². The van der Waals surface area contributed by atoms with E-state index in [0.29, 0.717) is 5.02 Å². The van der Waals surface area contributed by atoms with Gasteiger partial charge in [-0.15, -0.1) is 0 Å². The molecule has 2 atom stereocenters. The van der Waals surface area contributed by atoms with Gasteiger partial charge < -0.3 is 10.4 Å². The van der Waals surface area contributed by atoms with E-state index in [4.69, 9.17) is 16.6 Å². The maximum atomic E-state index is 11.1. The van der Waals surface area contributed by atoms with Crippen LogP contribution < -0.4 is 5.32 Å². The second-order valence-corrected chi connectivity index (χ2v) is 7.06. The van der Waals surface area contributed by atoms with Crippen molar-refractivity contribution < 1.29 is 5.11 Å². The van der Waals surface area contributed by atoms with Crippen LogP contribution >= 0.6 is 11.6 Å². The zero-order chi connectivity index (χ0) is 17.2. The average molecular weight is 353 g/mol. The number of hydrogen-bond acceptors (Lipinski definition) is 3. The van der Waals surface area contributed by atoms with Gasteiger partial charge in [0.2, 0.25) is 0 Å². The number of benzene rings is 2. The summed E-state index contributed by atoms with van der Waals surface area (Å²) >= 11 is 6.21. The minimum absolute atomic E-state index is 0.0713. The molecule has 3 nitrogen and oxygen atoms in total. The summed E-state index contributed by atoms with van der Waals surface area (Å²) in [5.74, 6) is 0. The van der Waals surface area contributed by atoms with E-state index in [-0.39, 0.29) is 6.04 Å². The molecular formula is C21H21ClN2O. The second kappa shape index (κ2) is 7.12. The molecule has 25 heavy (non-hydrogen) atoms. The van der Waals surface area contributed by atoms with Crippen molar-refractivity contribution in [1.82, 2.24) is 10.3 Å². The van der Waals surface area contributed by atoms with Gasteiger partial charge in [-0.1, -0.05) is 48.4 Å². The van der Waals surface area contributed by atoms with E-state index < -0.39 is 6.10 Å². The summed E-state index contributed by atoms with van der Waals surface area (Å²) < 4.78 is 0. The van der Waals surface area contributed by atoms with Crippen LogP contribution in [-0.2, 0) is 0 Å². The lowest BCUT2D eigenvalue weighted by Gasteiger charge is -2.29. The number of piperidine rings is 1. The molecule has 1 fully saturated rings. The molecule has 1 aliphatic rings. The maximum Gasteiger partial charge on any atom is 0.0950 e. The lowest BCUT2D eigenvalue weighted by molar-refractivity contribution is 0.115. The first-order valence-electron chi connectivity index (χ1n) is 8.79. The number of halogens is 1. The van der Waals surface area contributed by atoms with Crippen molar-refractivity contribution in [2.24, 2.45) is 0 Å². The molecule has 4 heteroatoms. The van der Waals surface area contributed by atoms with Crippen LogP contribution in [0.2, 0.25) is 5.02 Å². The van der Waals surface area contributed by atoms with Crippen LogP contribution in [0.1, 0.15) is 30.9 Å². The summed E-state index contributed by atoms with van der Waals surface area (Å²) in [6, 6.07) is 17.8. The molecule has 0 radical (unpaired) electrons. The van der Waals surface area contributed by atoms with E-state index in [9.17, 15) is 5.11 Å². The Morgan fingerprint density at radius 3 is 2.68 bits per heavy atom. The molecule has 2 N–H and O–H groups in total. The molecule has 0 spiro atoms. The monoisotopic (exact) mass is 352 g/mol. The van der Waals surface area contributed by atoms with Crippen molar-refractivity contribution in [3.8, 4) is 11.3 Å². The van der Waals surface area contributed by atoms with Crippen LogP contribution in [0.15, 0.2) is 54.6 Å². The minimum atomic E-state index is -0.577. The number of nitrogens with one attached hydrogen (secondary N) is 1. The molecule has 1 aliphatic heterocycles. The van der Waals surface area contributed by atoms with Gasteiger partial charge in [-0.05, 0) is 49.2 Å². The summed E-state index contributed by atoms with van der Waals surface area (Å²) in [5, 5.41) is 16.1. The SMILES string of the molecule is OC(c1cc(-c2ccccc2)nc2ccc(Cl)cc12)C1CCCCN1. The number of aromatic nitrogens is 1. The zero-order valence-corrected chi connectivity index (χ0v) is 14.7. The molecule has 0 saturated carbocycles. The van der Waals surface area contributed by atoms with Crippen LogP contribution in [0, 0.1) is 0 Å². The number of aliphatic hydroxyl groups excluding tert-OH is 1. The van der Waals surface area contributed by atoms with Gasteiger partial charge in [0, 0.05) is 22.0 Å². The van der Waals surface area contributed by atoms with E-state index >= 15 is 0 Å². The molecule has 2 aromatic carbocycles. The smallest absolute Gasteiger partial charge is 0.0950 e. The average Bonchev–Trinajstić information content (AvgIpc) is 2.68. The van der Waals surface area contributed by atoms with Gasteiger partial charge in [0.05, 0.1) is 17.3 Å². The molecule has 1 aromatic heterocycles. The van der Waals surface area contributed by atoms with Gasteiger partial charge in [0.15, 0.2) is 0 Å². The van der Waals surface area contributed by atoms with Gasteiger partial charge in [0.1, 0.15) is 0 Å². The van der Waals surface area contributed by atoms with E-state index in [1.807, 2.05) is 54.6 Å². The highest BCUT2D eigenvalue weighted by Crippen LogP contribution is 2.33. The highest BCUT2D eigenvalue weighted by Gasteiger charge is 2.25. The number of aliphatic hydroxyl groups is 1. The highest BCUT2D eigenvalue weighted by atomic mass is 35.5. The third-order valence-electron chi connectivity index (χ3n) is 4.92. The number of rotatable bonds is 3. The molecule has 1 saturated heterocycles. The Morgan fingerprint density at radius 1 is 1.08 bits per heavy atom. The fourth-order valence-electron chi connectivity index (χ4n) is 3.59. The zero-order valence-electron chi connectivity index (χ0n) is 14.0. The second-order valence-electron chi connectivity index (χ2n) is 6.63. The van der Waals surface area contributed by atoms with Crippen LogP contribution in [0.4, 0.5) is 0 Å². The van der Waals surface area contributed by atoms with Gasteiger partial charge in [-0.3, -0.25) is 0 Å². The normalized spacial score (nSPS) is 19.0. The number of nitrogens with zero attached hydrogens (tertiary/aromatic N) is 1. The fraction of sp³-hybridized carbons (Fsp3) is 0.286. The predicted molar refractivity (Wildman–Crippen MR) is 103 cm³/mol. The summed E-state index contributed by atoms with van der Waals surface area (Å²) in [6.07, 6.45) is 2.71. The van der Waals surface area contributed by atoms with Gasteiger partial charge in [-0.25, -0.2) is 4.98 Å². The Balaban J connectivity index is 1.86. The van der Waals surface area contributed by atoms with Crippen molar-refractivity contribution in [2.45, 2.75) is 31.4 Å². The number of pyridine rings is 1. The van der Waals surface area contributed by atoms with Crippen LogP contribution in [0.25, 0.3) is 22.2 Å². The Labute approximate surface area is 152 Å². The minimum Gasteiger partial charge on any atom is -0.387 e. The fourth-order valence-corrected chi connectivity index (χ4v) is 3.76. The van der Waals surface area contributed by atoms with Crippen molar-refractivity contribution in [1.29, 1.82) is 0 Å². The lowest BCUT2D eigenvalue weighted by atomic mass is 9.92. The van der Waals surface area contributed by atoms with E-state index in [1.165, 1.54) is 6.42 Å². The maximum absolute atomic E-state index is 11.1.